The molecule has 0 spiro atoms. The van der Waals surface area contributed by atoms with E-state index >= 15 is 0 Å². The Labute approximate surface area is 111 Å². The molecule has 0 aliphatic carbocycles. The molecule has 18 heavy (non-hydrogen) atoms. The van der Waals surface area contributed by atoms with E-state index < -0.39 is 5.91 Å². The highest BCUT2D eigenvalue weighted by Crippen LogP contribution is 2.36. The summed E-state index contributed by atoms with van der Waals surface area (Å²) in [5, 5.41) is 12.0. The Morgan fingerprint density at radius 3 is 3.00 bits per heavy atom. The van der Waals surface area contributed by atoms with Crippen LogP contribution in [0.1, 0.15) is 12.0 Å². The van der Waals surface area contributed by atoms with E-state index in [0.29, 0.717) is 11.5 Å². The fourth-order valence-corrected chi connectivity index (χ4v) is 1.74. The minimum atomic E-state index is -0.453. The zero-order valence-electron chi connectivity index (χ0n) is 9.14. The van der Waals surface area contributed by atoms with Crippen LogP contribution >= 0.6 is 15.9 Å². The Hall–Kier alpha value is -2.07. The van der Waals surface area contributed by atoms with Gasteiger partial charge in [0.1, 0.15) is 6.42 Å². The van der Waals surface area contributed by atoms with Crippen LogP contribution in [-0.4, -0.2) is 18.9 Å². The smallest absolute Gasteiger partial charge is 0.254 e. The normalized spacial score (nSPS) is 12.4. The third kappa shape index (κ3) is 2.78. The Bertz CT molecular complexity index is 551. The molecule has 0 unspecified atom stereocenters. The number of nitriles is 1. The molecule has 1 aliphatic heterocycles. The quantitative estimate of drug-likeness (QED) is 0.678. The van der Waals surface area contributed by atoms with Crippen molar-refractivity contribution in [3.05, 3.63) is 22.2 Å². The van der Waals surface area contributed by atoms with E-state index in [-0.39, 0.29) is 13.2 Å². The average molecular weight is 310 g/mol. The summed E-state index contributed by atoms with van der Waals surface area (Å²) < 4.78 is 11.2. The van der Waals surface area contributed by atoms with Gasteiger partial charge in [-0.1, -0.05) is 0 Å². The van der Waals surface area contributed by atoms with Gasteiger partial charge in [0.25, 0.3) is 5.91 Å². The maximum atomic E-state index is 11.0. The third-order valence-electron chi connectivity index (χ3n) is 2.12. The summed E-state index contributed by atoms with van der Waals surface area (Å²) in [6, 6.07) is 5.24. The second kappa shape index (κ2) is 5.51. The van der Waals surface area contributed by atoms with Gasteiger partial charge in [-0.15, -0.1) is 0 Å². The molecule has 0 radical (unpaired) electrons. The Morgan fingerprint density at radius 1 is 1.56 bits per heavy atom. The SMILES string of the molecule is N#CCC(=O)N/N=C\c1cc2c(cc1Br)OCO2. The van der Waals surface area contributed by atoms with Gasteiger partial charge in [0.2, 0.25) is 6.79 Å². The lowest BCUT2D eigenvalue weighted by Gasteiger charge is -2.01. The first-order chi connectivity index (χ1) is 8.70. The molecule has 1 N–H and O–H groups in total. The van der Waals surface area contributed by atoms with E-state index in [2.05, 4.69) is 26.5 Å². The molecule has 1 aromatic rings. The van der Waals surface area contributed by atoms with E-state index in [1.807, 2.05) is 0 Å². The van der Waals surface area contributed by atoms with Crippen molar-refractivity contribution in [3.63, 3.8) is 0 Å². The van der Waals surface area contributed by atoms with E-state index in [4.69, 9.17) is 14.7 Å². The number of carbonyl (C=O) groups excluding carboxylic acids is 1. The predicted octanol–water partition coefficient (Wildman–Crippen LogP) is 1.54. The van der Waals surface area contributed by atoms with Crippen molar-refractivity contribution < 1.29 is 14.3 Å². The number of amides is 1. The van der Waals surface area contributed by atoms with E-state index in [0.717, 1.165) is 10.0 Å². The van der Waals surface area contributed by atoms with Crippen molar-refractivity contribution in [2.75, 3.05) is 6.79 Å². The number of benzene rings is 1. The van der Waals surface area contributed by atoms with Crippen LogP contribution in [0.3, 0.4) is 0 Å². The Morgan fingerprint density at radius 2 is 2.28 bits per heavy atom. The number of nitrogens with zero attached hydrogens (tertiary/aromatic N) is 2. The van der Waals surface area contributed by atoms with Crippen molar-refractivity contribution >= 4 is 28.1 Å². The predicted molar refractivity (Wildman–Crippen MR) is 66.2 cm³/mol. The maximum absolute atomic E-state index is 11.0. The van der Waals surface area contributed by atoms with Gasteiger partial charge in [-0.25, -0.2) is 5.43 Å². The minimum Gasteiger partial charge on any atom is -0.454 e. The number of hydrogen-bond donors (Lipinski definition) is 1. The van der Waals surface area contributed by atoms with Crippen LogP contribution in [0.4, 0.5) is 0 Å². The number of carbonyl (C=O) groups is 1. The van der Waals surface area contributed by atoms with Crippen LogP contribution in [0.2, 0.25) is 0 Å². The number of nitrogens with one attached hydrogen (secondary N) is 1. The van der Waals surface area contributed by atoms with Crippen LogP contribution in [0.25, 0.3) is 0 Å². The molecule has 1 aliphatic rings. The number of rotatable bonds is 3. The van der Waals surface area contributed by atoms with Gasteiger partial charge in [0.05, 0.1) is 12.3 Å². The molecule has 1 amide bonds. The zero-order valence-corrected chi connectivity index (χ0v) is 10.7. The molecule has 0 saturated heterocycles. The summed E-state index contributed by atoms with van der Waals surface area (Å²) >= 11 is 3.36. The Kier molecular flexibility index (Phi) is 3.79. The first-order valence-corrected chi connectivity index (χ1v) is 5.78. The topological polar surface area (TPSA) is 83.7 Å². The van der Waals surface area contributed by atoms with Gasteiger partial charge < -0.3 is 9.47 Å². The van der Waals surface area contributed by atoms with Gasteiger partial charge >= 0.3 is 0 Å². The molecule has 0 aromatic heterocycles. The molecule has 6 nitrogen and oxygen atoms in total. The maximum Gasteiger partial charge on any atom is 0.254 e. The van der Waals surface area contributed by atoms with E-state index in [1.165, 1.54) is 6.21 Å². The number of fused-ring (bicyclic) bond motifs is 1. The number of ether oxygens (including phenoxy) is 2. The van der Waals surface area contributed by atoms with Crippen LogP contribution in [0.5, 0.6) is 11.5 Å². The van der Waals surface area contributed by atoms with Crippen molar-refractivity contribution in [3.8, 4) is 17.6 Å². The van der Waals surface area contributed by atoms with Gasteiger partial charge in [0, 0.05) is 10.0 Å². The first-order valence-electron chi connectivity index (χ1n) is 4.98. The molecule has 0 fully saturated rings. The lowest BCUT2D eigenvalue weighted by atomic mass is 10.2. The lowest BCUT2D eigenvalue weighted by Crippen LogP contribution is -2.16. The zero-order chi connectivity index (χ0) is 13.0. The van der Waals surface area contributed by atoms with Gasteiger partial charge in [0.15, 0.2) is 11.5 Å². The molecule has 7 heteroatoms. The van der Waals surface area contributed by atoms with Crippen LogP contribution in [0.15, 0.2) is 21.7 Å². The monoisotopic (exact) mass is 309 g/mol. The van der Waals surface area contributed by atoms with Crippen molar-refractivity contribution in [1.29, 1.82) is 5.26 Å². The van der Waals surface area contributed by atoms with Gasteiger partial charge in [-0.2, -0.15) is 10.4 Å². The highest BCUT2D eigenvalue weighted by atomic mass is 79.9. The van der Waals surface area contributed by atoms with Crippen molar-refractivity contribution in [2.45, 2.75) is 6.42 Å². The molecule has 0 saturated carbocycles. The minimum absolute atomic E-state index is 0.196. The van der Waals surface area contributed by atoms with Crippen LogP contribution in [-0.2, 0) is 4.79 Å². The fourth-order valence-electron chi connectivity index (χ4n) is 1.32. The van der Waals surface area contributed by atoms with Crippen LogP contribution in [0, 0.1) is 11.3 Å². The molecule has 1 aromatic carbocycles. The second-order valence-electron chi connectivity index (χ2n) is 3.36. The summed E-state index contributed by atoms with van der Waals surface area (Å²) in [4.78, 5) is 11.0. The third-order valence-corrected chi connectivity index (χ3v) is 2.81. The molecular formula is C11H8BrN3O3. The number of halogens is 1. The largest absolute Gasteiger partial charge is 0.454 e. The summed E-state index contributed by atoms with van der Waals surface area (Å²) in [6.07, 6.45) is 1.24. The Balaban J connectivity index is 2.08. The lowest BCUT2D eigenvalue weighted by molar-refractivity contribution is -0.120. The second-order valence-corrected chi connectivity index (χ2v) is 4.21. The number of hydrogen-bond acceptors (Lipinski definition) is 5. The fraction of sp³-hybridized carbons (Fsp3) is 0.182. The average Bonchev–Trinajstić information content (AvgIpc) is 2.76. The highest BCUT2D eigenvalue weighted by molar-refractivity contribution is 9.10. The van der Waals surface area contributed by atoms with E-state index in [9.17, 15) is 4.79 Å². The summed E-state index contributed by atoms with van der Waals surface area (Å²) in [6.45, 7) is 0.196. The van der Waals surface area contributed by atoms with E-state index in [1.54, 1.807) is 18.2 Å². The van der Waals surface area contributed by atoms with Crippen molar-refractivity contribution in [2.24, 2.45) is 5.10 Å². The summed E-state index contributed by atoms with van der Waals surface area (Å²) in [5.41, 5.74) is 2.97. The van der Waals surface area contributed by atoms with Crippen LogP contribution < -0.4 is 14.9 Å². The van der Waals surface area contributed by atoms with Gasteiger partial charge in [-0.3, -0.25) is 4.79 Å². The summed E-state index contributed by atoms with van der Waals surface area (Å²) in [7, 11) is 0. The molecule has 0 bridgehead atoms. The molecule has 0 atom stereocenters. The molecule has 1 heterocycles. The highest BCUT2D eigenvalue weighted by Gasteiger charge is 2.15. The number of hydrazone groups is 1. The molecular weight excluding hydrogens is 302 g/mol. The first kappa shape index (κ1) is 12.4. The standard InChI is InChI=1S/C11H8BrN3O3/c12-8-4-10-9(17-6-18-10)3-7(8)5-14-15-11(16)1-2-13/h3-5H,1,6H2,(H,15,16)/b14-5-. The molecule has 2 rings (SSSR count). The molecule has 92 valence electrons. The summed E-state index contributed by atoms with van der Waals surface area (Å²) in [5.74, 6) is 0.834. The van der Waals surface area contributed by atoms with Gasteiger partial charge in [-0.05, 0) is 28.1 Å². The van der Waals surface area contributed by atoms with Crippen molar-refractivity contribution in [1.82, 2.24) is 5.43 Å².